The van der Waals surface area contributed by atoms with Crippen LogP contribution in [0.5, 0.6) is 0 Å². The zero-order chi connectivity index (χ0) is 22.1. The molecule has 0 aliphatic heterocycles. The summed E-state index contributed by atoms with van der Waals surface area (Å²) >= 11 is 0. The fraction of sp³-hybridized carbons (Fsp3) is 0.594. The Morgan fingerprint density at radius 3 is 1.66 bits per heavy atom. The van der Waals surface area contributed by atoms with Crippen LogP contribution in [0.25, 0.3) is 16.7 Å². The molecule has 3 aromatic rings. The molecule has 0 radical (unpaired) electrons. The molecule has 3 heteroatoms. The Labute approximate surface area is 226 Å². The minimum absolute atomic E-state index is 0. The van der Waals surface area contributed by atoms with E-state index in [0.29, 0.717) is 0 Å². The van der Waals surface area contributed by atoms with Crippen LogP contribution in [0, 0.1) is 23.7 Å². The van der Waals surface area contributed by atoms with Gasteiger partial charge in [0.25, 0.3) is 0 Å². The van der Waals surface area contributed by atoms with Crippen molar-refractivity contribution in [3.05, 3.63) is 58.9 Å². The first-order valence-electron chi connectivity index (χ1n) is 14.3. The quantitative estimate of drug-likeness (QED) is 0.206. The van der Waals surface area contributed by atoms with Gasteiger partial charge < -0.3 is 0 Å². The molecule has 4 fully saturated rings. The highest BCUT2D eigenvalue weighted by molar-refractivity contribution is 14.0. The molecular formula is C32H38IN2+. The van der Waals surface area contributed by atoms with Crippen LogP contribution in [0.4, 0.5) is 0 Å². The maximum absolute atomic E-state index is 2.64. The predicted molar refractivity (Wildman–Crippen MR) is 151 cm³/mol. The number of halogens is 1. The number of fused-ring (bicyclic) bond motifs is 1. The summed E-state index contributed by atoms with van der Waals surface area (Å²) in [5, 5.41) is 0. The molecule has 0 saturated heterocycles. The van der Waals surface area contributed by atoms with E-state index in [9.17, 15) is 0 Å². The van der Waals surface area contributed by atoms with Crippen LogP contribution >= 0.6 is 24.0 Å². The molecule has 35 heavy (non-hydrogen) atoms. The smallest absolute Gasteiger partial charge is 0.232 e. The first-order chi connectivity index (χ1) is 16.7. The van der Waals surface area contributed by atoms with Gasteiger partial charge in [-0.15, -0.1) is 24.0 Å². The Hall–Kier alpha value is -1.36. The number of hydrogen-bond donors (Lipinski definition) is 0. The van der Waals surface area contributed by atoms with Crippen molar-refractivity contribution < 1.29 is 4.57 Å². The molecule has 11 rings (SSSR count). The van der Waals surface area contributed by atoms with Crippen molar-refractivity contribution in [2.75, 3.05) is 0 Å². The number of rotatable bonds is 1. The van der Waals surface area contributed by atoms with Crippen LogP contribution in [-0.2, 0) is 7.05 Å². The minimum Gasteiger partial charge on any atom is -0.232 e. The molecule has 2 aromatic carbocycles. The lowest BCUT2D eigenvalue weighted by atomic mass is 9.67. The lowest BCUT2D eigenvalue weighted by Gasteiger charge is -2.38. The Balaban J connectivity index is 0.00000196. The molecule has 8 aliphatic rings. The first kappa shape index (κ1) is 21.7. The summed E-state index contributed by atoms with van der Waals surface area (Å²) in [5.74, 6) is 7.22. The number of benzene rings is 2. The van der Waals surface area contributed by atoms with Gasteiger partial charge in [-0.1, -0.05) is 6.07 Å². The Morgan fingerprint density at radius 1 is 0.600 bits per heavy atom. The van der Waals surface area contributed by atoms with Crippen LogP contribution < -0.4 is 4.57 Å². The summed E-state index contributed by atoms with van der Waals surface area (Å²) in [6, 6.07) is 12.8. The van der Waals surface area contributed by atoms with E-state index < -0.39 is 0 Å². The molecule has 0 amide bonds. The zero-order valence-electron chi connectivity index (χ0n) is 21.0. The number of nitrogens with zero attached hydrogens (tertiary/aromatic N) is 2. The fourth-order valence-electron chi connectivity index (χ4n) is 10.4. The topological polar surface area (TPSA) is 8.81 Å². The molecule has 8 bridgehead atoms. The summed E-state index contributed by atoms with van der Waals surface area (Å²) in [6.07, 6.45) is 17.0. The van der Waals surface area contributed by atoms with E-state index in [1.165, 1.54) is 80.9 Å². The number of hydrogen-bond acceptors (Lipinski definition) is 0. The van der Waals surface area contributed by atoms with Gasteiger partial charge in [-0.05, 0) is 158 Å². The van der Waals surface area contributed by atoms with E-state index in [4.69, 9.17) is 0 Å². The van der Waals surface area contributed by atoms with Crippen molar-refractivity contribution in [3.8, 4) is 5.69 Å². The average molecular weight is 578 g/mol. The highest BCUT2D eigenvalue weighted by atomic mass is 127. The Bertz CT molecular complexity index is 1330. The third kappa shape index (κ3) is 3.09. The molecule has 0 N–H and O–H groups in total. The lowest BCUT2D eigenvalue weighted by molar-refractivity contribution is -0.645. The van der Waals surface area contributed by atoms with E-state index in [0.717, 1.165) is 47.3 Å². The van der Waals surface area contributed by atoms with Gasteiger partial charge in [-0.2, -0.15) is 4.57 Å². The number of aromatic nitrogens is 2. The maximum Gasteiger partial charge on any atom is 0.249 e. The van der Waals surface area contributed by atoms with Crippen molar-refractivity contribution in [1.82, 2.24) is 4.57 Å². The Morgan fingerprint density at radius 2 is 1.09 bits per heavy atom. The second-order valence-corrected chi connectivity index (χ2v) is 13.5. The molecule has 1 heterocycles. The minimum atomic E-state index is 0. The summed E-state index contributed by atoms with van der Waals surface area (Å²) in [4.78, 5) is 0. The van der Waals surface area contributed by atoms with E-state index in [1.807, 2.05) is 0 Å². The van der Waals surface area contributed by atoms with Gasteiger partial charge in [-0.3, -0.25) is 0 Å². The Kier molecular flexibility index (Phi) is 4.70. The van der Waals surface area contributed by atoms with Crippen LogP contribution in [-0.4, -0.2) is 4.57 Å². The fourth-order valence-corrected chi connectivity index (χ4v) is 10.4. The summed E-state index contributed by atoms with van der Waals surface area (Å²) in [6.45, 7) is 0. The van der Waals surface area contributed by atoms with E-state index in [1.54, 1.807) is 22.3 Å². The molecule has 4 saturated carbocycles. The van der Waals surface area contributed by atoms with Gasteiger partial charge >= 0.3 is 0 Å². The van der Waals surface area contributed by atoms with Crippen LogP contribution in [0.15, 0.2) is 36.7 Å². The molecule has 4 unspecified atom stereocenters. The molecule has 2 nitrogen and oxygen atoms in total. The standard InChI is InChI=1S/C32H37N2.HI/c1-33-17-34(26-2-3-27-22-6-18-4-19(7-22)9-23(8-18)28(27)14-26)32-16-30-25-12-20-5-21(13-25)11-24(10-20)29(30)15-31(32)33;/h2-3,14-25H,4-13H2,1H3;1H/q+1;. The first-order valence-corrected chi connectivity index (χ1v) is 14.3. The maximum atomic E-state index is 2.64. The van der Waals surface area contributed by atoms with E-state index in [2.05, 4.69) is 52.8 Å². The second-order valence-electron chi connectivity index (χ2n) is 13.5. The molecule has 1 aromatic heterocycles. The third-order valence-corrected chi connectivity index (χ3v) is 11.5. The molecular weight excluding hydrogens is 539 g/mol. The van der Waals surface area contributed by atoms with Crippen molar-refractivity contribution in [3.63, 3.8) is 0 Å². The third-order valence-electron chi connectivity index (χ3n) is 11.5. The van der Waals surface area contributed by atoms with Crippen molar-refractivity contribution in [2.45, 2.75) is 87.9 Å². The highest BCUT2D eigenvalue weighted by Gasteiger charge is 2.44. The van der Waals surface area contributed by atoms with Gasteiger partial charge in [-0.25, -0.2) is 4.57 Å². The normalized spacial score (nSPS) is 37.6. The van der Waals surface area contributed by atoms with Gasteiger partial charge in [0, 0.05) is 0 Å². The van der Waals surface area contributed by atoms with Crippen LogP contribution in [0.2, 0.25) is 0 Å². The lowest BCUT2D eigenvalue weighted by Crippen LogP contribution is -2.26. The van der Waals surface area contributed by atoms with Crippen molar-refractivity contribution in [1.29, 1.82) is 0 Å². The average Bonchev–Trinajstić information content (AvgIpc) is 2.94. The second kappa shape index (κ2) is 7.58. The van der Waals surface area contributed by atoms with E-state index in [-0.39, 0.29) is 24.0 Å². The van der Waals surface area contributed by atoms with Gasteiger partial charge in [0.05, 0.1) is 7.05 Å². The van der Waals surface area contributed by atoms with Crippen molar-refractivity contribution >= 4 is 35.0 Å². The summed E-state index contributed by atoms with van der Waals surface area (Å²) < 4.78 is 4.92. The van der Waals surface area contributed by atoms with E-state index >= 15 is 0 Å². The summed E-state index contributed by atoms with van der Waals surface area (Å²) in [7, 11) is 2.26. The van der Waals surface area contributed by atoms with Gasteiger partial charge in [0.15, 0.2) is 11.0 Å². The van der Waals surface area contributed by atoms with Gasteiger partial charge in [0.2, 0.25) is 6.33 Å². The monoisotopic (exact) mass is 577 g/mol. The molecule has 8 aliphatic carbocycles. The zero-order valence-corrected chi connectivity index (χ0v) is 23.3. The van der Waals surface area contributed by atoms with Crippen molar-refractivity contribution in [2.24, 2.45) is 30.7 Å². The number of imidazole rings is 1. The molecule has 0 spiro atoms. The highest BCUT2D eigenvalue weighted by Crippen LogP contribution is 2.58. The largest absolute Gasteiger partial charge is 0.249 e. The SMILES string of the molecule is C[n+]1cn(-c2ccc3c(c2)C2CC4CC(CC3C4)C2)c2cc3c(cc21)C1CC2CC(CC3C2)C1.I. The molecule has 4 atom stereocenters. The van der Waals surface area contributed by atoms with Crippen LogP contribution in [0.1, 0.15) is 110 Å². The number of aryl methyl sites for hydroxylation is 1. The van der Waals surface area contributed by atoms with Crippen LogP contribution in [0.3, 0.4) is 0 Å². The predicted octanol–water partition coefficient (Wildman–Crippen LogP) is 7.85. The van der Waals surface area contributed by atoms with Gasteiger partial charge in [0.1, 0.15) is 5.69 Å². The molecule has 182 valence electrons. The summed E-state index contributed by atoms with van der Waals surface area (Å²) in [5.41, 5.74) is 11.1.